The number of thiazole rings is 1. The summed E-state index contributed by atoms with van der Waals surface area (Å²) >= 11 is 1.40. The van der Waals surface area contributed by atoms with Crippen LogP contribution in [0.3, 0.4) is 0 Å². The SMILES string of the molecule is COc1ccc(-c2nc(C)c(C(=O)N3CC[C@@H](N)C3)s2)cc1OC. The normalized spacial score (nSPS) is 17.2. The summed E-state index contributed by atoms with van der Waals surface area (Å²) in [5, 5.41) is 0.792. The first kappa shape index (κ1) is 16.7. The Labute approximate surface area is 145 Å². The predicted molar refractivity (Wildman–Crippen MR) is 93.9 cm³/mol. The molecule has 1 aromatic carbocycles. The minimum Gasteiger partial charge on any atom is -0.493 e. The third-order valence-electron chi connectivity index (χ3n) is 4.13. The average Bonchev–Trinajstić information content (AvgIpc) is 3.19. The highest BCUT2D eigenvalue weighted by Crippen LogP contribution is 2.35. The van der Waals surface area contributed by atoms with E-state index in [-0.39, 0.29) is 11.9 Å². The number of aromatic nitrogens is 1. The lowest BCUT2D eigenvalue weighted by Crippen LogP contribution is -2.31. The van der Waals surface area contributed by atoms with E-state index in [2.05, 4.69) is 4.98 Å². The highest BCUT2D eigenvalue weighted by Gasteiger charge is 2.27. The number of likely N-dealkylation sites (tertiary alicyclic amines) is 1. The number of carbonyl (C=O) groups excluding carboxylic acids is 1. The molecule has 3 rings (SSSR count). The molecule has 0 unspecified atom stereocenters. The fourth-order valence-electron chi connectivity index (χ4n) is 2.80. The minimum atomic E-state index is 0.0182. The Balaban J connectivity index is 1.90. The summed E-state index contributed by atoms with van der Waals surface area (Å²) in [6, 6.07) is 5.70. The van der Waals surface area contributed by atoms with Crippen molar-refractivity contribution in [3.8, 4) is 22.1 Å². The molecule has 24 heavy (non-hydrogen) atoms. The van der Waals surface area contributed by atoms with Gasteiger partial charge in [-0.25, -0.2) is 4.98 Å². The predicted octanol–water partition coefficient (Wildman–Crippen LogP) is 2.31. The number of benzene rings is 1. The summed E-state index contributed by atoms with van der Waals surface area (Å²) in [6.07, 6.45) is 0.853. The Morgan fingerprint density at radius 1 is 1.33 bits per heavy atom. The van der Waals surface area contributed by atoms with Crippen LogP contribution in [0.5, 0.6) is 11.5 Å². The summed E-state index contributed by atoms with van der Waals surface area (Å²) in [5.74, 6) is 1.32. The lowest BCUT2D eigenvalue weighted by molar-refractivity contribution is 0.0794. The molecule has 0 spiro atoms. The molecule has 1 saturated heterocycles. The van der Waals surface area contributed by atoms with Crippen LogP contribution in [0.25, 0.3) is 10.6 Å². The van der Waals surface area contributed by atoms with Crippen molar-refractivity contribution in [1.82, 2.24) is 9.88 Å². The molecule has 0 saturated carbocycles. The second-order valence-electron chi connectivity index (χ2n) is 5.80. The lowest BCUT2D eigenvalue weighted by Gasteiger charge is -2.14. The number of hydrogen-bond donors (Lipinski definition) is 1. The van der Waals surface area contributed by atoms with Gasteiger partial charge in [0.2, 0.25) is 0 Å². The van der Waals surface area contributed by atoms with E-state index >= 15 is 0 Å². The van der Waals surface area contributed by atoms with E-state index in [1.807, 2.05) is 30.0 Å². The number of aryl methyl sites for hydroxylation is 1. The van der Waals surface area contributed by atoms with E-state index in [1.165, 1.54) is 11.3 Å². The van der Waals surface area contributed by atoms with Gasteiger partial charge in [-0.2, -0.15) is 0 Å². The molecule has 2 N–H and O–H groups in total. The molecule has 2 aromatic rings. The molecular weight excluding hydrogens is 326 g/mol. The van der Waals surface area contributed by atoms with Crippen molar-refractivity contribution in [3.63, 3.8) is 0 Å². The summed E-state index contributed by atoms with van der Waals surface area (Å²) in [6.45, 7) is 3.19. The molecule has 0 radical (unpaired) electrons. The van der Waals surface area contributed by atoms with E-state index in [0.717, 1.165) is 22.7 Å². The molecule has 2 heterocycles. The van der Waals surface area contributed by atoms with Crippen molar-refractivity contribution in [3.05, 3.63) is 28.8 Å². The smallest absolute Gasteiger partial charge is 0.265 e. The number of nitrogens with zero attached hydrogens (tertiary/aromatic N) is 2. The van der Waals surface area contributed by atoms with Crippen molar-refractivity contribution < 1.29 is 14.3 Å². The number of methoxy groups -OCH3 is 2. The van der Waals surface area contributed by atoms with Gasteiger partial charge in [0, 0.05) is 24.7 Å². The molecular formula is C17H21N3O3S. The quantitative estimate of drug-likeness (QED) is 0.918. The van der Waals surface area contributed by atoms with E-state index < -0.39 is 0 Å². The highest BCUT2D eigenvalue weighted by atomic mass is 32.1. The Hall–Kier alpha value is -2.12. The summed E-state index contributed by atoms with van der Waals surface area (Å²) in [7, 11) is 3.20. The van der Waals surface area contributed by atoms with Gasteiger partial charge in [-0.15, -0.1) is 11.3 Å². The molecule has 7 heteroatoms. The van der Waals surface area contributed by atoms with E-state index in [1.54, 1.807) is 14.2 Å². The topological polar surface area (TPSA) is 77.7 Å². The van der Waals surface area contributed by atoms with Crippen molar-refractivity contribution in [2.24, 2.45) is 5.73 Å². The molecule has 1 fully saturated rings. The van der Waals surface area contributed by atoms with Crippen LogP contribution in [0, 0.1) is 6.92 Å². The van der Waals surface area contributed by atoms with Crippen LogP contribution < -0.4 is 15.2 Å². The van der Waals surface area contributed by atoms with Crippen LogP contribution in [0.1, 0.15) is 21.8 Å². The Morgan fingerprint density at radius 2 is 2.08 bits per heavy atom. The average molecular weight is 347 g/mol. The molecule has 1 aliphatic heterocycles. The fourth-order valence-corrected chi connectivity index (χ4v) is 3.83. The molecule has 0 bridgehead atoms. The van der Waals surface area contributed by atoms with Gasteiger partial charge in [0.15, 0.2) is 11.5 Å². The van der Waals surface area contributed by atoms with Crippen LogP contribution in [0.4, 0.5) is 0 Å². The van der Waals surface area contributed by atoms with Crippen LogP contribution in [-0.2, 0) is 0 Å². The Bertz CT molecular complexity index is 760. The van der Waals surface area contributed by atoms with Gasteiger partial charge in [0.25, 0.3) is 5.91 Å². The van der Waals surface area contributed by atoms with Gasteiger partial charge >= 0.3 is 0 Å². The van der Waals surface area contributed by atoms with Crippen LogP contribution in [0.15, 0.2) is 18.2 Å². The number of amides is 1. The fraction of sp³-hybridized carbons (Fsp3) is 0.412. The minimum absolute atomic E-state index is 0.0182. The number of carbonyl (C=O) groups is 1. The first-order valence-corrected chi connectivity index (χ1v) is 8.59. The van der Waals surface area contributed by atoms with E-state index in [0.29, 0.717) is 29.5 Å². The van der Waals surface area contributed by atoms with Crippen LogP contribution in [0.2, 0.25) is 0 Å². The van der Waals surface area contributed by atoms with E-state index in [4.69, 9.17) is 15.2 Å². The molecule has 128 valence electrons. The maximum atomic E-state index is 12.7. The Kier molecular flexibility index (Phi) is 4.73. The van der Waals surface area contributed by atoms with Crippen molar-refractivity contribution in [1.29, 1.82) is 0 Å². The van der Waals surface area contributed by atoms with Crippen molar-refractivity contribution in [2.75, 3.05) is 27.3 Å². The van der Waals surface area contributed by atoms with E-state index in [9.17, 15) is 4.79 Å². The van der Waals surface area contributed by atoms with Gasteiger partial charge in [0.1, 0.15) is 9.88 Å². The number of ether oxygens (including phenoxy) is 2. The van der Waals surface area contributed by atoms with Crippen LogP contribution >= 0.6 is 11.3 Å². The molecule has 1 aromatic heterocycles. The van der Waals surface area contributed by atoms with Gasteiger partial charge in [-0.3, -0.25) is 4.79 Å². The number of rotatable bonds is 4. The zero-order valence-electron chi connectivity index (χ0n) is 14.0. The lowest BCUT2D eigenvalue weighted by atomic mass is 10.2. The number of nitrogens with two attached hydrogens (primary N) is 1. The second kappa shape index (κ2) is 6.78. The molecule has 6 nitrogen and oxygen atoms in total. The number of hydrogen-bond acceptors (Lipinski definition) is 6. The maximum absolute atomic E-state index is 12.7. The van der Waals surface area contributed by atoms with Crippen LogP contribution in [-0.4, -0.2) is 49.1 Å². The monoisotopic (exact) mass is 347 g/mol. The molecule has 1 atom stereocenters. The molecule has 0 aliphatic carbocycles. The second-order valence-corrected chi connectivity index (χ2v) is 6.80. The third-order valence-corrected chi connectivity index (χ3v) is 5.33. The maximum Gasteiger partial charge on any atom is 0.265 e. The molecule has 1 aliphatic rings. The largest absolute Gasteiger partial charge is 0.493 e. The summed E-state index contributed by atoms with van der Waals surface area (Å²) in [4.78, 5) is 19.7. The summed E-state index contributed by atoms with van der Waals surface area (Å²) < 4.78 is 10.6. The van der Waals surface area contributed by atoms with Crippen molar-refractivity contribution >= 4 is 17.2 Å². The van der Waals surface area contributed by atoms with Gasteiger partial charge < -0.3 is 20.1 Å². The third kappa shape index (κ3) is 3.09. The first-order valence-electron chi connectivity index (χ1n) is 7.78. The van der Waals surface area contributed by atoms with Gasteiger partial charge in [0.05, 0.1) is 19.9 Å². The Morgan fingerprint density at radius 3 is 2.71 bits per heavy atom. The zero-order chi connectivity index (χ0) is 17.3. The highest BCUT2D eigenvalue weighted by molar-refractivity contribution is 7.17. The zero-order valence-corrected chi connectivity index (χ0v) is 14.9. The van der Waals surface area contributed by atoms with Crippen molar-refractivity contribution in [2.45, 2.75) is 19.4 Å². The van der Waals surface area contributed by atoms with Gasteiger partial charge in [-0.05, 0) is 31.5 Å². The van der Waals surface area contributed by atoms with Gasteiger partial charge in [-0.1, -0.05) is 0 Å². The summed E-state index contributed by atoms with van der Waals surface area (Å²) in [5.41, 5.74) is 7.55. The standard InChI is InChI=1S/C17H21N3O3S/c1-10-15(17(21)20-7-6-12(18)9-20)24-16(19-10)11-4-5-13(22-2)14(8-11)23-3/h4-5,8,12H,6-7,9,18H2,1-3H3/t12-/m1/s1. The molecule has 1 amide bonds. The first-order chi connectivity index (χ1) is 11.5.